The zero-order valence-corrected chi connectivity index (χ0v) is 16.7. The molecule has 0 aliphatic rings. The Morgan fingerprint density at radius 2 is 1.73 bits per heavy atom. The van der Waals surface area contributed by atoms with Gasteiger partial charge in [0.05, 0.1) is 4.92 Å². The Kier molecular flexibility index (Phi) is 7.78. The smallest absolute Gasteiger partial charge is 0.321 e. The third kappa shape index (κ3) is 7.81. The molecule has 0 heterocycles. The van der Waals surface area contributed by atoms with Crippen LogP contribution in [-0.2, 0) is 24.3 Å². The van der Waals surface area contributed by atoms with Crippen LogP contribution in [0.1, 0.15) is 11.1 Å². The molecule has 30 heavy (non-hydrogen) atoms. The first kappa shape index (κ1) is 22.7. The number of ether oxygens (including phenoxy) is 1. The van der Waals surface area contributed by atoms with Gasteiger partial charge in [-0.2, -0.15) is 0 Å². The van der Waals surface area contributed by atoms with E-state index in [1.807, 2.05) is 23.8 Å². The molecular formula is C19H19N3O7S. The van der Waals surface area contributed by atoms with Gasteiger partial charge in [0, 0.05) is 23.2 Å². The summed E-state index contributed by atoms with van der Waals surface area (Å²) >= 11 is 0. The first-order valence-electron chi connectivity index (χ1n) is 8.59. The molecule has 0 radical (unpaired) electrons. The molecule has 2 N–H and O–H groups in total. The fraction of sp³-hybridized carbons (Fsp3) is 0.158. The van der Waals surface area contributed by atoms with Gasteiger partial charge in [-0.3, -0.25) is 19.7 Å². The number of anilines is 1. The molecule has 11 heteroatoms. The van der Waals surface area contributed by atoms with Gasteiger partial charge in [0.1, 0.15) is 6.54 Å². The number of carbonyl (C=O) groups excluding carboxylic acids is 2. The number of nitro groups is 1. The van der Waals surface area contributed by atoms with Crippen LogP contribution in [0.4, 0.5) is 11.4 Å². The van der Waals surface area contributed by atoms with Crippen molar-refractivity contribution >= 4 is 39.4 Å². The van der Waals surface area contributed by atoms with E-state index in [1.165, 1.54) is 30.3 Å². The minimum atomic E-state index is -3.87. The number of nitro benzene ring substituents is 1. The fourth-order valence-electron chi connectivity index (χ4n) is 2.11. The quantitative estimate of drug-likeness (QED) is 0.349. The number of amides is 1. The minimum absolute atomic E-state index is 0.136. The highest BCUT2D eigenvalue weighted by Gasteiger charge is 2.12. The normalized spacial score (nSPS) is 11.2. The Morgan fingerprint density at radius 3 is 2.33 bits per heavy atom. The van der Waals surface area contributed by atoms with E-state index >= 15 is 0 Å². The maximum Gasteiger partial charge on any atom is 0.321 e. The number of sulfonamides is 1. The van der Waals surface area contributed by atoms with E-state index in [4.69, 9.17) is 4.74 Å². The molecule has 2 aromatic rings. The van der Waals surface area contributed by atoms with E-state index in [2.05, 4.69) is 5.32 Å². The number of non-ortho nitro benzene ring substituents is 1. The van der Waals surface area contributed by atoms with Gasteiger partial charge < -0.3 is 10.1 Å². The average Bonchev–Trinajstić information content (AvgIpc) is 2.71. The van der Waals surface area contributed by atoms with Crippen LogP contribution >= 0.6 is 0 Å². The first-order chi connectivity index (χ1) is 14.1. The summed E-state index contributed by atoms with van der Waals surface area (Å²) in [7, 11) is -3.87. The number of nitrogens with one attached hydrogen (secondary N) is 2. The first-order valence-corrected chi connectivity index (χ1v) is 10.1. The summed E-state index contributed by atoms with van der Waals surface area (Å²) in [6.07, 6.45) is 1.38. The molecular weight excluding hydrogens is 414 g/mol. The monoisotopic (exact) mass is 433 g/mol. The van der Waals surface area contributed by atoms with E-state index in [0.29, 0.717) is 5.56 Å². The number of benzene rings is 2. The van der Waals surface area contributed by atoms with Crippen molar-refractivity contribution < 1.29 is 27.7 Å². The number of hydrogen-bond acceptors (Lipinski definition) is 7. The number of esters is 1. The standard InChI is InChI=1S/C19H19N3O7S/c1-14-2-4-15(5-3-14)10-11-30(27,28)20-12-19(24)29-13-18(23)21-16-6-8-17(9-7-16)22(25)26/h2-11,20H,12-13H2,1H3,(H,21,23)/b11-10+. The van der Waals surface area contributed by atoms with Crippen molar-refractivity contribution in [3.63, 3.8) is 0 Å². The summed E-state index contributed by atoms with van der Waals surface area (Å²) in [4.78, 5) is 33.4. The van der Waals surface area contributed by atoms with Gasteiger partial charge in [0.25, 0.3) is 11.6 Å². The number of aryl methyl sites for hydroxylation is 1. The predicted molar refractivity (Wildman–Crippen MR) is 110 cm³/mol. The van der Waals surface area contributed by atoms with Crippen molar-refractivity contribution in [1.29, 1.82) is 0 Å². The zero-order chi connectivity index (χ0) is 22.1. The van der Waals surface area contributed by atoms with Gasteiger partial charge in [0.2, 0.25) is 10.0 Å². The number of nitrogens with zero attached hydrogens (tertiary/aromatic N) is 1. The SMILES string of the molecule is Cc1ccc(/C=C/S(=O)(=O)NCC(=O)OCC(=O)Nc2ccc([N+](=O)[O-])cc2)cc1. The number of rotatable bonds is 9. The molecule has 0 spiro atoms. The predicted octanol–water partition coefficient (Wildman–Crippen LogP) is 1.98. The van der Waals surface area contributed by atoms with Crippen LogP contribution in [0.2, 0.25) is 0 Å². The second-order valence-corrected chi connectivity index (χ2v) is 7.74. The molecule has 158 valence electrons. The molecule has 0 bridgehead atoms. The maximum absolute atomic E-state index is 11.9. The van der Waals surface area contributed by atoms with Crippen molar-refractivity contribution in [2.75, 3.05) is 18.5 Å². The van der Waals surface area contributed by atoms with E-state index in [9.17, 15) is 28.1 Å². The van der Waals surface area contributed by atoms with Crippen LogP contribution in [0.25, 0.3) is 6.08 Å². The molecule has 0 aromatic heterocycles. The molecule has 2 rings (SSSR count). The van der Waals surface area contributed by atoms with Crippen LogP contribution < -0.4 is 10.0 Å². The van der Waals surface area contributed by atoms with Crippen molar-refractivity contribution in [3.05, 3.63) is 75.2 Å². The lowest BCUT2D eigenvalue weighted by atomic mass is 10.2. The third-order valence-electron chi connectivity index (χ3n) is 3.66. The van der Waals surface area contributed by atoms with Crippen LogP contribution in [0.5, 0.6) is 0 Å². The van der Waals surface area contributed by atoms with Crippen molar-refractivity contribution in [1.82, 2.24) is 4.72 Å². The van der Waals surface area contributed by atoms with E-state index in [0.717, 1.165) is 11.0 Å². The second kappa shape index (κ2) is 10.3. The molecule has 2 aromatic carbocycles. The van der Waals surface area contributed by atoms with Crippen molar-refractivity contribution in [3.8, 4) is 0 Å². The number of carbonyl (C=O) groups is 2. The molecule has 0 aliphatic carbocycles. The van der Waals surface area contributed by atoms with Crippen molar-refractivity contribution in [2.24, 2.45) is 0 Å². The fourth-order valence-corrected chi connectivity index (χ4v) is 2.87. The van der Waals surface area contributed by atoms with Gasteiger partial charge in [-0.25, -0.2) is 13.1 Å². The lowest BCUT2D eigenvalue weighted by Crippen LogP contribution is -2.31. The molecule has 10 nitrogen and oxygen atoms in total. The second-order valence-electron chi connectivity index (χ2n) is 6.09. The Labute approximate surface area is 172 Å². The third-order valence-corrected chi connectivity index (χ3v) is 4.70. The summed E-state index contributed by atoms with van der Waals surface area (Å²) < 4.78 is 30.5. The molecule has 0 unspecified atom stereocenters. The largest absolute Gasteiger partial charge is 0.455 e. The topological polar surface area (TPSA) is 145 Å². The highest BCUT2D eigenvalue weighted by Crippen LogP contribution is 2.15. The summed E-state index contributed by atoms with van der Waals surface area (Å²) in [6.45, 7) is 0.617. The van der Waals surface area contributed by atoms with Gasteiger partial charge in [-0.1, -0.05) is 29.8 Å². The van der Waals surface area contributed by atoms with E-state index in [1.54, 1.807) is 12.1 Å². The van der Waals surface area contributed by atoms with Crippen LogP contribution in [0.3, 0.4) is 0 Å². The highest BCUT2D eigenvalue weighted by atomic mass is 32.2. The Balaban J connectivity index is 1.76. The molecule has 0 fully saturated rings. The lowest BCUT2D eigenvalue weighted by molar-refractivity contribution is -0.384. The summed E-state index contributed by atoms with van der Waals surface area (Å²) in [6, 6.07) is 12.2. The minimum Gasteiger partial charge on any atom is -0.455 e. The summed E-state index contributed by atoms with van der Waals surface area (Å²) in [5.41, 5.74) is 1.86. The van der Waals surface area contributed by atoms with Gasteiger partial charge >= 0.3 is 5.97 Å². The summed E-state index contributed by atoms with van der Waals surface area (Å²) in [5.74, 6) is -1.62. The molecule has 1 amide bonds. The Morgan fingerprint density at radius 1 is 1.10 bits per heavy atom. The van der Waals surface area contributed by atoms with Crippen LogP contribution in [-0.4, -0.2) is 38.4 Å². The zero-order valence-electron chi connectivity index (χ0n) is 15.9. The molecule has 0 saturated carbocycles. The van der Waals surface area contributed by atoms with Crippen LogP contribution in [0.15, 0.2) is 53.9 Å². The van der Waals surface area contributed by atoms with Crippen molar-refractivity contribution in [2.45, 2.75) is 6.92 Å². The Hall–Kier alpha value is -3.57. The molecule has 0 aliphatic heterocycles. The Bertz CT molecular complexity index is 1050. The molecule has 0 atom stereocenters. The van der Waals surface area contributed by atoms with Gasteiger partial charge in [-0.05, 0) is 30.7 Å². The van der Waals surface area contributed by atoms with Gasteiger partial charge in [0.15, 0.2) is 6.61 Å². The molecule has 0 saturated heterocycles. The summed E-state index contributed by atoms with van der Waals surface area (Å²) in [5, 5.41) is 13.9. The van der Waals surface area contributed by atoms with E-state index in [-0.39, 0.29) is 11.4 Å². The highest BCUT2D eigenvalue weighted by molar-refractivity contribution is 7.92. The number of hydrogen-bond donors (Lipinski definition) is 2. The van der Waals surface area contributed by atoms with Gasteiger partial charge in [-0.15, -0.1) is 0 Å². The maximum atomic E-state index is 11.9. The average molecular weight is 433 g/mol. The van der Waals surface area contributed by atoms with E-state index < -0.39 is 40.0 Å². The lowest BCUT2D eigenvalue weighted by Gasteiger charge is -2.07. The van der Waals surface area contributed by atoms with Crippen LogP contribution in [0, 0.1) is 17.0 Å².